The standard InChI is InChI=1S/C14H22BrN7/c1-2-9-7-19-22-12(17)11(15)14(20-13(9)22)21-6-3-10(8-21)18-5-4-16/h7,10,18H,2-6,8,16-17H2,1H3. The van der Waals surface area contributed by atoms with Crippen LogP contribution < -0.4 is 21.7 Å². The van der Waals surface area contributed by atoms with Crippen molar-refractivity contribution in [2.75, 3.05) is 36.8 Å². The molecular formula is C14H22BrN7. The number of anilines is 2. The molecule has 0 aliphatic carbocycles. The molecule has 1 atom stereocenters. The highest BCUT2D eigenvalue weighted by Gasteiger charge is 2.26. The van der Waals surface area contributed by atoms with Gasteiger partial charge in [0, 0.05) is 37.8 Å². The molecule has 1 aliphatic rings. The van der Waals surface area contributed by atoms with E-state index in [-0.39, 0.29) is 0 Å². The zero-order chi connectivity index (χ0) is 15.7. The maximum atomic E-state index is 6.22. The number of halogens is 1. The number of nitrogens with one attached hydrogen (secondary N) is 1. The van der Waals surface area contributed by atoms with Crippen molar-refractivity contribution < 1.29 is 0 Å². The van der Waals surface area contributed by atoms with E-state index in [4.69, 9.17) is 16.5 Å². The molecule has 5 N–H and O–H groups in total. The number of aromatic nitrogens is 3. The Kier molecular flexibility index (Phi) is 4.51. The topological polar surface area (TPSA) is 97.5 Å². The van der Waals surface area contributed by atoms with Crippen molar-refractivity contribution in [3.05, 3.63) is 16.2 Å². The molecule has 3 heterocycles. The second kappa shape index (κ2) is 6.39. The number of nitrogen functional groups attached to an aromatic ring is 1. The minimum absolute atomic E-state index is 0.449. The first-order chi connectivity index (χ1) is 10.7. The first-order valence-corrected chi connectivity index (χ1v) is 8.45. The zero-order valence-corrected chi connectivity index (χ0v) is 14.3. The molecule has 0 saturated carbocycles. The summed E-state index contributed by atoms with van der Waals surface area (Å²) in [4.78, 5) is 7.08. The third kappa shape index (κ3) is 2.66. The number of nitrogens with zero attached hydrogens (tertiary/aromatic N) is 4. The van der Waals surface area contributed by atoms with Gasteiger partial charge in [-0.15, -0.1) is 0 Å². The molecule has 120 valence electrons. The van der Waals surface area contributed by atoms with Gasteiger partial charge in [-0.3, -0.25) is 0 Å². The molecule has 0 aromatic carbocycles. The molecular weight excluding hydrogens is 346 g/mol. The first kappa shape index (κ1) is 15.5. The van der Waals surface area contributed by atoms with Crippen molar-refractivity contribution in [1.29, 1.82) is 0 Å². The Morgan fingerprint density at radius 3 is 3.05 bits per heavy atom. The van der Waals surface area contributed by atoms with E-state index in [1.165, 1.54) is 0 Å². The van der Waals surface area contributed by atoms with Crippen molar-refractivity contribution in [2.24, 2.45) is 5.73 Å². The molecule has 1 saturated heterocycles. The molecule has 2 aromatic rings. The van der Waals surface area contributed by atoms with Crippen molar-refractivity contribution in [2.45, 2.75) is 25.8 Å². The Labute approximate surface area is 138 Å². The molecule has 0 bridgehead atoms. The van der Waals surface area contributed by atoms with Gasteiger partial charge in [-0.25, -0.2) is 4.98 Å². The smallest absolute Gasteiger partial charge is 0.162 e. The van der Waals surface area contributed by atoms with Gasteiger partial charge in [-0.2, -0.15) is 9.61 Å². The molecule has 1 unspecified atom stereocenters. The molecule has 8 heteroatoms. The maximum Gasteiger partial charge on any atom is 0.162 e. The largest absolute Gasteiger partial charge is 0.383 e. The zero-order valence-electron chi connectivity index (χ0n) is 12.7. The highest BCUT2D eigenvalue weighted by atomic mass is 79.9. The van der Waals surface area contributed by atoms with Crippen LogP contribution in [0.4, 0.5) is 11.6 Å². The number of fused-ring (bicyclic) bond motifs is 1. The van der Waals surface area contributed by atoms with Gasteiger partial charge in [-0.1, -0.05) is 6.92 Å². The van der Waals surface area contributed by atoms with Crippen molar-refractivity contribution in [3.8, 4) is 0 Å². The Hall–Kier alpha value is -1.38. The molecule has 2 aromatic heterocycles. The van der Waals surface area contributed by atoms with Gasteiger partial charge in [0.15, 0.2) is 5.65 Å². The lowest BCUT2D eigenvalue weighted by atomic mass is 10.2. The molecule has 3 rings (SSSR count). The van der Waals surface area contributed by atoms with Crippen LogP contribution in [-0.4, -0.2) is 46.8 Å². The number of nitrogens with two attached hydrogens (primary N) is 2. The van der Waals surface area contributed by atoms with E-state index in [1.807, 2.05) is 6.20 Å². The number of hydrogen-bond acceptors (Lipinski definition) is 6. The van der Waals surface area contributed by atoms with E-state index in [9.17, 15) is 0 Å². The Bertz CT molecular complexity index is 669. The molecule has 22 heavy (non-hydrogen) atoms. The summed E-state index contributed by atoms with van der Waals surface area (Å²) in [5.41, 5.74) is 13.7. The van der Waals surface area contributed by atoms with Gasteiger partial charge in [0.05, 0.1) is 6.20 Å². The summed E-state index contributed by atoms with van der Waals surface area (Å²) in [6, 6.07) is 0.449. The quantitative estimate of drug-likeness (QED) is 0.721. The average molecular weight is 368 g/mol. The summed E-state index contributed by atoms with van der Waals surface area (Å²) < 4.78 is 2.51. The van der Waals surface area contributed by atoms with Crippen molar-refractivity contribution in [1.82, 2.24) is 19.9 Å². The first-order valence-electron chi connectivity index (χ1n) is 7.65. The lowest BCUT2D eigenvalue weighted by molar-refractivity contribution is 0.559. The van der Waals surface area contributed by atoms with E-state index in [0.717, 1.165) is 54.0 Å². The lowest BCUT2D eigenvalue weighted by Gasteiger charge is -2.20. The SMILES string of the molecule is CCc1cnn2c(N)c(Br)c(N3CCC(NCCN)C3)nc12. The maximum absolute atomic E-state index is 6.22. The van der Waals surface area contributed by atoms with Gasteiger partial charge in [0.1, 0.15) is 16.1 Å². The molecule has 1 fully saturated rings. The molecule has 0 radical (unpaired) electrons. The van der Waals surface area contributed by atoms with Crippen molar-refractivity contribution in [3.63, 3.8) is 0 Å². The number of rotatable bonds is 5. The van der Waals surface area contributed by atoms with E-state index in [0.29, 0.717) is 18.4 Å². The summed E-state index contributed by atoms with van der Waals surface area (Å²) in [5, 5.41) is 7.79. The van der Waals surface area contributed by atoms with Gasteiger partial charge in [0.25, 0.3) is 0 Å². The highest BCUT2D eigenvalue weighted by Crippen LogP contribution is 2.33. The fraction of sp³-hybridized carbons (Fsp3) is 0.571. The van der Waals surface area contributed by atoms with E-state index in [2.05, 4.69) is 38.2 Å². The molecule has 1 aliphatic heterocycles. The van der Waals surface area contributed by atoms with Crippen LogP contribution in [0.15, 0.2) is 10.7 Å². The molecule has 0 spiro atoms. The average Bonchev–Trinajstić information content (AvgIpc) is 3.15. The second-order valence-corrected chi connectivity index (χ2v) is 6.36. The van der Waals surface area contributed by atoms with Crippen LogP contribution >= 0.6 is 15.9 Å². The fourth-order valence-corrected chi connectivity index (χ4v) is 3.40. The summed E-state index contributed by atoms with van der Waals surface area (Å²) in [6.07, 6.45) is 3.81. The Morgan fingerprint density at radius 1 is 1.50 bits per heavy atom. The summed E-state index contributed by atoms with van der Waals surface area (Å²) in [5.74, 6) is 1.50. The number of aryl methyl sites for hydroxylation is 1. The fourth-order valence-electron chi connectivity index (χ4n) is 2.89. The third-order valence-corrected chi connectivity index (χ3v) is 4.88. The van der Waals surface area contributed by atoms with E-state index in [1.54, 1.807) is 4.52 Å². The van der Waals surface area contributed by atoms with Crippen LogP contribution in [0.25, 0.3) is 5.65 Å². The van der Waals surface area contributed by atoms with Crippen LogP contribution in [-0.2, 0) is 6.42 Å². The number of hydrogen-bond donors (Lipinski definition) is 3. The molecule has 7 nitrogen and oxygen atoms in total. The summed E-state index contributed by atoms with van der Waals surface area (Å²) in [6.45, 7) is 5.47. The summed E-state index contributed by atoms with van der Waals surface area (Å²) in [7, 11) is 0. The van der Waals surface area contributed by atoms with Crippen LogP contribution in [0.1, 0.15) is 18.9 Å². The minimum atomic E-state index is 0.449. The van der Waals surface area contributed by atoms with E-state index >= 15 is 0 Å². The van der Waals surface area contributed by atoms with Gasteiger partial charge < -0.3 is 21.7 Å². The van der Waals surface area contributed by atoms with Crippen LogP contribution in [0.5, 0.6) is 0 Å². The Balaban J connectivity index is 1.92. The lowest BCUT2D eigenvalue weighted by Crippen LogP contribution is -2.36. The summed E-state index contributed by atoms with van der Waals surface area (Å²) >= 11 is 3.58. The van der Waals surface area contributed by atoms with Crippen LogP contribution in [0, 0.1) is 0 Å². The van der Waals surface area contributed by atoms with Gasteiger partial charge in [-0.05, 0) is 28.8 Å². The third-order valence-electron chi connectivity index (χ3n) is 4.12. The van der Waals surface area contributed by atoms with Crippen LogP contribution in [0.3, 0.4) is 0 Å². The molecule has 0 amide bonds. The Morgan fingerprint density at radius 2 is 2.32 bits per heavy atom. The normalized spacial score (nSPS) is 18.5. The van der Waals surface area contributed by atoms with Crippen LogP contribution in [0.2, 0.25) is 0 Å². The van der Waals surface area contributed by atoms with Gasteiger partial charge >= 0.3 is 0 Å². The van der Waals surface area contributed by atoms with Crippen molar-refractivity contribution >= 4 is 33.2 Å². The monoisotopic (exact) mass is 367 g/mol. The predicted molar refractivity (Wildman–Crippen MR) is 92.2 cm³/mol. The second-order valence-electron chi connectivity index (χ2n) is 5.57. The predicted octanol–water partition coefficient (Wildman–Crippen LogP) is 0.763. The van der Waals surface area contributed by atoms with Gasteiger partial charge in [0.2, 0.25) is 0 Å². The minimum Gasteiger partial charge on any atom is -0.383 e. The highest BCUT2D eigenvalue weighted by molar-refractivity contribution is 9.10. The van der Waals surface area contributed by atoms with E-state index < -0.39 is 0 Å².